The summed E-state index contributed by atoms with van der Waals surface area (Å²) in [6, 6.07) is 11.8. The first kappa shape index (κ1) is 18.8. The van der Waals surface area contributed by atoms with Crippen LogP contribution in [-0.2, 0) is 10.3 Å². The number of rotatable bonds is 4. The first-order chi connectivity index (χ1) is 14.5. The van der Waals surface area contributed by atoms with Gasteiger partial charge in [0, 0.05) is 17.5 Å². The van der Waals surface area contributed by atoms with Crippen LogP contribution in [0.15, 0.2) is 72.8 Å². The van der Waals surface area contributed by atoms with Crippen molar-refractivity contribution in [2.75, 3.05) is 5.32 Å². The summed E-state index contributed by atoms with van der Waals surface area (Å²) >= 11 is 0. The Morgan fingerprint density at radius 1 is 1.27 bits per heavy atom. The highest BCUT2D eigenvalue weighted by Gasteiger charge is 2.40. The Kier molecular flexibility index (Phi) is 4.35. The molecule has 1 amide bonds. The van der Waals surface area contributed by atoms with E-state index in [-0.39, 0.29) is 17.7 Å². The fraction of sp³-hybridized carbons (Fsp3) is 0.280. The smallest absolute Gasteiger partial charge is 0.228 e. The van der Waals surface area contributed by atoms with Crippen LogP contribution in [0, 0.1) is 12.8 Å². The highest BCUT2D eigenvalue weighted by Crippen LogP contribution is 2.46. The second kappa shape index (κ2) is 6.94. The number of hydrogen-bond donors (Lipinski definition) is 1. The molecule has 2 atom stereocenters. The van der Waals surface area contributed by atoms with Crippen LogP contribution in [0.1, 0.15) is 36.8 Å². The zero-order chi connectivity index (χ0) is 20.9. The van der Waals surface area contributed by atoms with Gasteiger partial charge in [0.15, 0.2) is 0 Å². The van der Waals surface area contributed by atoms with Gasteiger partial charge in [-0.25, -0.2) is 9.37 Å². The van der Waals surface area contributed by atoms with Crippen molar-refractivity contribution in [3.05, 3.63) is 84.0 Å². The maximum Gasteiger partial charge on any atom is 0.228 e. The van der Waals surface area contributed by atoms with Crippen molar-refractivity contribution in [3.8, 4) is 0 Å². The number of benzene rings is 1. The van der Waals surface area contributed by atoms with Gasteiger partial charge in [-0.05, 0) is 56.0 Å². The fourth-order valence-corrected chi connectivity index (χ4v) is 4.50. The topological polar surface area (TPSA) is 46.9 Å². The summed E-state index contributed by atoms with van der Waals surface area (Å²) in [5.41, 5.74) is 2.31. The predicted molar refractivity (Wildman–Crippen MR) is 117 cm³/mol. The fourth-order valence-electron chi connectivity index (χ4n) is 4.50. The van der Waals surface area contributed by atoms with Gasteiger partial charge in [-0.1, -0.05) is 36.4 Å². The van der Waals surface area contributed by atoms with Gasteiger partial charge in [-0.2, -0.15) is 0 Å². The number of halogens is 1. The summed E-state index contributed by atoms with van der Waals surface area (Å²) in [7, 11) is 0. The molecule has 0 saturated heterocycles. The van der Waals surface area contributed by atoms with Crippen LogP contribution in [0.4, 0.5) is 10.2 Å². The number of anilines is 1. The Labute approximate surface area is 175 Å². The highest BCUT2D eigenvalue weighted by molar-refractivity contribution is 5.95. The molecular weight excluding hydrogens is 377 g/mol. The van der Waals surface area contributed by atoms with Gasteiger partial charge in [0.2, 0.25) is 5.91 Å². The van der Waals surface area contributed by atoms with Crippen LogP contribution in [0.3, 0.4) is 0 Å². The third-order valence-corrected chi connectivity index (χ3v) is 6.34. The second-order valence-corrected chi connectivity index (χ2v) is 8.50. The molecule has 2 aromatic heterocycles. The molecule has 0 aliphatic heterocycles. The Bertz CT molecular complexity index is 1200. The van der Waals surface area contributed by atoms with Gasteiger partial charge in [0.25, 0.3) is 0 Å². The van der Waals surface area contributed by atoms with E-state index in [1.807, 2.05) is 49.5 Å². The van der Waals surface area contributed by atoms with Crippen LogP contribution >= 0.6 is 0 Å². The van der Waals surface area contributed by atoms with Gasteiger partial charge < -0.3 is 9.88 Å². The normalized spacial score (nSPS) is 23.4. The van der Waals surface area contributed by atoms with Crippen molar-refractivity contribution in [2.45, 2.75) is 38.1 Å². The van der Waals surface area contributed by atoms with Gasteiger partial charge >= 0.3 is 0 Å². The monoisotopic (exact) mass is 401 g/mol. The van der Waals surface area contributed by atoms with Crippen LogP contribution in [0.2, 0.25) is 0 Å². The van der Waals surface area contributed by atoms with Crippen molar-refractivity contribution in [2.24, 2.45) is 5.92 Å². The van der Waals surface area contributed by atoms with Crippen molar-refractivity contribution >= 4 is 22.6 Å². The quantitative estimate of drug-likeness (QED) is 0.617. The second-order valence-electron chi connectivity index (χ2n) is 8.50. The van der Waals surface area contributed by atoms with E-state index >= 15 is 4.39 Å². The molecule has 1 N–H and O–H groups in total. The molecule has 3 aromatic rings. The molecule has 30 heavy (non-hydrogen) atoms. The van der Waals surface area contributed by atoms with E-state index in [1.165, 1.54) is 0 Å². The van der Waals surface area contributed by atoms with Crippen molar-refractivity contribution in [1.82, 2.24) is 9.55 Å². The molecule has 0 bridgehead atoms. The van der Waals surface area contributed by atoms with Crippen LogP contribution in [0.5, 0.6) is 0 Å². The van der Waals surface area contributed by atoms with E-state index in [2.05, 4.69) is 27.9 Å². The molecule has 2 unspecified atom stereocenters. The summed E-state index contributed by atoms with van der Waals surface area (Å²) in [6.45, 7) is 4.07. The maximum absolute atomic E-state index is 15.2. The molecule has 4 nitrogen and oxygen atoms in total. The van der Waals surface area contributed by atoms with Gasteiger partial charge in [0.05, 0.1) is 23.2 Å². The number of fused-ring (bicyclic) bond motifs is 1. The van der Waals surface area contributed by atoms with Crippen LogP contribution in [-0.4, -0.2) is 15.5 Å². The van der Waals surface area contributed by atoms with E-state index in [0.717, 1.165) is 34.9 Å². The number of carbonyl (C=O) groups excluding carboxylic acids is 1. The zero-order valence-corrected chi connectivity index (χ0v) is 17.1. The first-order valence-electron chi connectivity index (χ1n) is 10.4. The Hall–Kier alpha value is -3.21. The molecule has 5 heteroatoms. The number of allylic oxidation sites excluding steroid dienone is 4. The summed E-state index contributed by atoms with van der Waals surface area (Å²) in [6.07, 6.45) is 11.0. The number of nitrogens with zero attached hydrogens (tertiary/aromatic N) is 2. The Morgan fingerprint density at radius 2 is 2.07 bits per heavy atom. The Morgan fingerprint density at radius 3 is 2.83 bits per heavy atom. The molecule has 5 rings (SSSR count). The summed E-state index contributed by atoms with van der Waals surface area (Å²) in [4.78, 5) is 16.5. The zero-order valence-electron chi connectivity index (χ0n) is 17.1. The minimum atomic E-state index is -0.632. The minimum absolute atomic E-state index is 0.0373. The van der Waals surface area contributed by atoms with Gasteiger partial charge in [-0.3, -0.25) is 4.79 Å². The lowest BCUT2D eigenvalue weighted by Gasteiger charge is -2.39. The summed E-state index contributed by atoms with van der Waals surface area (Å²) < 4.78 is 17.3. The minimum Gasteiger partial charge on any atom is -0.336 e. The molecule has 0 radical (unpaired) electrons. The van der Waals surface area contributed by atoms with Gasteiger partial charge in [-0.15, -0.1) is 0 Å². The van der Waals surface area contributed by atoms with Gasteiger partial charge in [0.1, 0.15) is 11.6 Å². The molecule has 1 aromatic carbocycles. The van der Waals surface area contributed by atoms with Crippen LogP contribution in [0.25, 0.3) is 10.9 Å². The first-order valence-corrected chi connectivity index (χ1v) is 10.4. The van der Waals surface area contributed by atoms with E-state index in [4.69, 9.17) is 0 Å². The largest absolute Gasteiger partial charge is 0.336 e. The third-order valence-electron chi connectivity index (χ3n) is 6.34. The van der Waals surface area contributed by atoms with Crippen molar-refractivity contribution < 1.29 is 9.18 Å². The Balaban J connectivity index is 1.57. The summed E-state index contributed by atoms with van der Waals surface area (Å²) in [5.74, 6) is 0.132. The number of nitrogens with one attached hydrogen (secondary N) is 1. The molecule has 152 valence electrons. The average molecular weight is 401 g/mol. The van der Waals surface area contributed by atoms with Crippen LogP contribution < -0.4 is 5.32 Å². The van der Waals surface area contributed by atoms with E-state index in [9.17, 15) is 4.79 Å². The predicted octanol–water partition coefficient (Wildman–Crippen LogP) is 5.62. The molecule has 2 heterocycles. The third kappa shape index (κ3) is 3.05. The van der Waals surface area contributed by atoms with E-state index < -0.39 is 11.5 Å². The molecule has 0 spiro atoms. The lowest BCUT2D eigenvalue weighted by Crippen LogP contribution is -2.36. The number of pyridine rings is 1. The number of carbonyl (C=O) groups is 1. The molecule has 1 saturated carbocycles. The van der Waals surface area contributed by atoms with E-state index in [0.29, 0.717) is 5.82 Å². The molecule has 2 aliphatic carbocycles. The summed E-state index contributed by atoms with van der Waals surface area (Å²) in [5, 5.41) is 3.86. The molecular formula is C25H24FN3O. The van der Waals surface area contributed by atoms with Crippen molar-refractivity contribution in [3.63, 3.8) is 0 Å². The lowest BCUT2D eigenvalue weighted by molar-refractivity contribution is -0.117. The molecule has 2 aliphatic rings. The number of hydrogen-bond acceptors (Lipinski definition) is 2. The highest BCUT2D eigenvalue weighted by atomic mass is 19.1. The lowest BCUT2D eigenvalue weighted by atomic mass is 9.75. The maximum atomic E-state index is 15.2. The molecule has 1 fully saturated rings. The number of aryl methyl sites for hydroxylation is 1. The average Bonchev–Trinajstić information content (AvgIpc) is 3.49. The number of aromatic nitrogens is 2. The SMILES string of the molecule is Cc1ccccc1C1C(F)=CC=CC1(C)n1ccc2cc(NC(=O)C3CC3)ncc21. The standard InChI is InChI=1S/C25H24FN3O/c1-16-6-3-4-7-19(16)23-20(26)8-5-12-25(23,2)29-13-11-18-14-22(27-15-21(18)29)28-24(30)17-9-10-17/h3-8,11-15,17,23H,9-10H2,1-2H3,(H,27,28,30). The van der Waals surface area contributed by atoms with E-state index in [1.54, 1.807) is 18.3 Å². The number of amides is 1. The van der Waals surface area contributed by atoms with Crippen molar-refractivity contribution in [1.29, 1.82) is 0 Å².